The molecule has 3 heterocycles. The molecule has 0 saturated heterocycles. The molecule has 0 amide bonds. The molecule has 0 aliphatic carbocycles. The molecule has 0 radical (unpaired) electrons. The maximum absolute atomic E-state index is 13.9. The predicted molar refractivity (Wildman–Crippen MR) is 122 cm³/mol. The zero-order valence-corrected chi connectivity index (χ0v) is 17.6. The maximum atomic E-state index is 13.9. The second-order valence-corrected chi connectivity index (χ2v) is 8.01. The lowest BCUT2D eigenvalue weighted by atomic mass is 10.0. The third-order valence-electron chi connectivity index (χ3n) is 5.18. The van der Waals surface area contributed by atoms with E-state index in [1.165, 1.54) is 18.0 Å². The van der Waals surface area contributed by atoms with Crippen molar-refractivity contribution in [3.8, 4) is 11.1 Å². The van der Waals surface area contributed by atoms with Crippen molar-refractivity contribution in [1.29, 1.82) is 0 Å². The molecule has 2 aromatic carbocycles. The average Bonchev–Trinajstić information content (AvgIpc) is 3.16. The summed E-state index contributed by atoms with van der Waals surface area (Å²) < 4.78 is 17.1. The maximum Gasteiger partial charge on any atom is 0.144 e. The number of hydrogen-bond acceptors (Lipinski definition) is 6. The van der Waals surface area contributed by atoms with Gasteiger partial charge in [0.15, 0.2) is 0 Å². The summed E-state index contributed by atoms with van der Waals surface area (Å²) in [5.74, 6) is 0.396. The topological polar surface area (TPSA) is 53.9 Å². The van der Waals surface area contributed by atoms with E-state index in [1.54, 1.807) is 18.6 Å². The molecule has 30 heavy (non-hydrogen) atoms. The molecule has 0 bridgehead atoms. The van der Waals surface area contributed by atoms with Crippen LogP contribution in [0.2, 0.25) is 5.02 Å². The van der Waals surface area contributed by atoms with Crippen LogP contribution in [-0.2, 0) is 6.42 Å². The minimum absolute atomic E-state index is 0.115. The highest BCUT2D eigenvalue weighted by Crippen LogP contribution is 2.39. The second kappa shape index (κ2) is 7.74. The van der Waals surface area contributed by atoms with E-state index in [9.17, 15) is 4.39 Å². The van der Waals surface area contributed by atoms with Crippen LogP contribution >= 0.6 is 23.5 Å². The SMILES string of the molecule is CSNc1cncc(-c2ccc3ncnc(N4CCc5cc(F)c(Cl)cc54)c3c2)c1. The summed E-state index contributed by atoms with van der Waals surface area (Å²) in [6.45, 7) is 0.708. The van der Waals surface area contributed by atoms with E-state index in [1.807, 2.05) is 24.6 Å². The Bertz CT molecular complexity index is 1270. The third kappa shape index (κ3) is 3.34. The van der Waals surface area contributed by atoms with Crippen LogP contribution < -0.4 is 9.62 Å². The van der Waals surface area contributed by atoms with E-state index in [-0.39, 0.29) is 5.02 Å². The van der Waals surface area contributed by atoms with Crippen LogP contribution in [0.3, 0.4) is 0 Å². The molecule has 5 nitrogen and oxygen atoms in total. The summed E-state index contributed by atoms with van der Waals surface area (Å²) in [5, 5.41) is 1.04. The zero-order chi connectivity index (χ0) is 20.7. The van der Waals surface area contributed by atoms with Crippen molar-refractivity contribution in [2.45, 2.75) is 6.42 Å². The smallest absolute Gasteiger partial charge is 0.144 e. The van der Waals surface area contributed by atoms with Crippen molar-refractivity contribution in [2.75, 3.05) is 22.4 Å². The average molecular weight is 438 g/mol. The molecule has 0 fully saturated rings. The molecule has 2 aromatic heterocycles. The van der Waals surface area contributed by atoms with E-state index in [0.717, 1.165) is 51.2 Å². The van der Waals surface area contributed by atoms with Gasteiger partial charge in [-0.05, 0) is 47.9 Å². The van der Waals surface area contributed by atoms with Crippen LogP contribution in [0.25, 0.3) is 22.0 Å². The Morgan fingerprint density at radius 1 is 1.10 bits per heavy atom. The van der Waals surface area contributed by atoms with Crippen LogP contribution in [0.5, 0.6) is 0 Å². The van der Waals surface area contributed by atoms with Crippen molar-refractivity contribution in [1.82, 2.24) is 15.0 Å². The van der Waals surface area contributed by atoms with Gasteiger partial charge in [0.25, 0.3) is 0 Å². The van der Waals surface area contributed by atoms with Crippen LogP contribution in [0, 0.1) is 5.82 Å². The first-order valence-corrected chi connectivity index (χ1v) is 11.0. The lowest BCUT2D eigenvalue weighted by Gasteiger charge is -2.20. The van der Waals surface area contributed by atoms with Gasteiger partial charge in [0.2, 0.25) is 0 Å². The number of aromatic nitrogens is 3. The number of anilines is 3. The standard InChI is InChI=1S/C22H17ClFN5S/c1-30-28-16-6-15(10-25-11-16)13-2-3-20-17(7-13)22(27-12-26-20)29-5-4-14-8-19(24)18(23)9-21(14)29/h2-3,6-12,28H,4-5H2,1H3. The number of nitrogens with zero attached hydrogens (tertiary/aromatic N) is 4. The van der Waals surface area contributed by atoms with Crippen LogP contribution in [0.4, 0.5) is 21.6 Å². The largest absolute Gasteiger partial charge is 0.329 e. The van der Waals surface area contributed by atoms with Gasteiger partial charge in [-0.3, -0.25) is 4.98 Å². The summed E-state index contributed by atoms with van der Waals surface area (Å²) in [6, 6.07) is 11.3. The molecular weight excluding hydrogens is 421 g/mol. The van der Waals surface area contributed by atoms with Gasteiger partial charge in [0.1, 0.15) is 18.0 Å². The highest BCUT2D eigenvalue weighted by Gasteiger charge is 2.25. The van der Waals surface area contributed by atoms with Crippen molar-refractivity contribution < 1.29 is 4.39 Å². The van der Waals surface area contributed by atoms with Gasteiger partial charge in [-0.15, -0.1) is 0 Å². The lowest BCUT2D eigenvalue weighted by Crippen LogP contribution is -2.15. The van der Waals surface area contributed by atoms with Crippen molar-refractivity contribution in [3.05, 3.63) is 71.5 Å². The molecule has 0 atom stereocenters. The Morgan fingerprint density at radius 3 is 2.87 bits per heavy atom. The van der Waals surface area contributed by atoms with Crippen molar-refractivity contribution in [2.24, 2.45) is 0 Å². The molecule has 1 aliphatic rings. The summed E-state index contributed by atoms with van der Waals surface area (Å²) in [7, 11) is 0. The van der Waals surface area contributed by atoms with Gasteiger partial charge < -0.3 is 9.62 Å². The first-order chi connectivity index (χ1) is 14.6. The number of halogens is 2. The number of pyridine rings is 1. The summed E-state index contributed by atoms with van der Waals surface area (Å²) in [4.78, 5) is 15.4. The number of hydrogen-bond donors (Lipinski definition) is 1. The molecule has 1 N–H and O–H groups in total. The van der Waals surface area contributed by atoms with Gasteiger partial charge in [0, 0.05) is 35.6 Å². The molecule has 0 saturated carbocycles. The van der Waals surface area contributed by atoms with Crippen LogP contribution in [-0.4, -0.2) is 27.8 Å². The molecule has 150 valence electrons. The first kappa shape index (κ1) is 19.1. The fraction of sp³-hybridized carbons (Fsp3) is 0.136. The molecule has 4 aromatic rings. The molecule has 0 unspecified atom stereocenters. The van der Waals surface area contributed by atoms with Gasteiger partial charge in [0.05, 0.1) is 22.4 Å². The van der Waals surface area contributed by atoms with Gasteiger partial charge in [-0.1, -0.05) is 29.6 Å². The quantitative estimate of drug-likeness (QED) is 0.403. The summed E-state index contributed by atoms with van der Waals surface area (Å²) >= 11 is 7.58. The predicted octanol–water partition coefficient (Wildman–Crippen LogP) is 5.87. The minimum atomic E-state index is -0.390. The number of benzene rings is 2. The monoisotopic (exact) mass is 437 g/mol. The third-order valence-corrected chi connectivity index (χ3v) is 5.91. The molecule has 5 rings (SSSR count). The number of fused-ring (bicyclic) bond motifs is 2. The number of rotatable bonds is 4. The molecular formula is C22H17ClFN5S. The Hall–Kier alpha value is -2.90. The van der Waals surface area contributed by atoms with Crippen molar-refractivity contribution >= 4 is 51.6 Å². The Labute approximate surface area is 182 Å². The van der Waals surface area contributed by atoms with Gasteiger partial charge >= 0.3 is 0 Å². The minimum Gasteiger partial charge on any atom is -0.329 e. The Balaban J connectivity index is 1.62. The zero-order valence-electron chi connectivity index (χ0n) is 16.1. The lowest BCUT2D eigenvalue weighted by molar-refractivity contribution is 0.627. The van der Waals surface area contributed by atoms with Gasteiger partial charge in [-0.25, -0.2) is 14.4 Å². The fourth-order valence-corrected chi connectivity index (χ4v) is 4.32. The highest BCUT2D eigenvalue weighted by molar-refractivity contribution is 7.99. The Kier molecular flexibility index (Phi) is 4.92. The van der Waals surface area contributed by atoms with E-state index in [0.29, 0.717) is 6.54 Å². The summed E-state index contributed by atoms with van der Waals surface area (Å²) in [5.41, 5.74) is 5.62. The molecule has 0 spiro atoms. The van der Waals surface area contributed by atoms with Crippen LogP contribution in [0.1, 0.15) is 5.56 Å². The fourth-order valence-electron chi connectivity index (χ4n) is 3.81. The Morgan fingerprint density at radius 2 is 2.00 bits per heavy atom. The van der Waals surface area contributed by atoms with Crippen LogP contribution in [0.15, 0.2) is 55.1 Å². The van der Waals surface area contributed by atoms with E-state index < -0.39 is 5.82 Å². The second-order valence-electron chi connectivity index (χ2n) is 6.99. The summed E-state index contributed by atoms with van der Waals surface area (Å²) in [6.07, 6.45) is 7.90. The van der Waals surface area contributed by atoms with E-state index in [2.05, 4.69) is 36.7 Å². The first-order valence-electron chi connectivity index (χ1n) is 9.38. The normalized spacial score (nSPS) is 13.0. The van der Waals surface area contributed by atoms with E-state index in [4.69, 9.17) is 11.6 Å². The van der Waals surface area contributed by atoms with E-state index >= 15 is 0 Å². The number of nitrogens with one attached hydrogen (secondary N) is 1. The van der Waals surface area contributed by atoms with Crippen molar-refractivity contribution in [3.63, 3.8) is 0 Å². The van der Waals surface area contributed by atoms with Gasteiger partial charge in [-0.2, -0.15) is 0 Å². The highest BCUT2D eigenvalue weighted by atomic mass is 35.5. The molecule has 1 aliphatic heterocycles. The molecule has 8 heteroatoms.